The lowest BCUT2D eigenvalue weighted by Crippen LogP contribution is -2.36. The maximum atomic E-state index is 12.5. The average Bonchev–Trinajstić information content (AvgIpc) is 3.23. The van der Waals surface area contributed by atoms with Crippen LogP contribution in [-0.4, -0.2) is 42.2 Å². The van der Waals surface area contributed by atoms with Gasteiger partial charge < -0.3 is 19.1 Å². The highest BCUT2D eigenvalue weighted by molar-refractivity contribution is 5.68. The number of carbonyl (C=O) groups excluding carboxylic acids is 1. The summed E-state index contributed by atoms with van der Waals surface area (Å²) in [5.41, 5.74) is 1.05. The second-order valence-electron chi connectivity index (χ2n) is 8.62. The van der Waals surface area contributed by atoms with Gasteiger partial charge >= 0.3 is 6.09 Å². The molecule has 0 unspecified atom stereocenters. The van der Waals surface area contributed by atoms with Gasteiger partial charge in [0.2, 0.25) is 0 Å². The summed E-state index contributed by atoms with van der Waals surface area (Å²) in [4.78, 5) is 25.0. The van der Waals surface area contributed by atoms with Gasteiger partial charge in [0.15, 0.2) is 11.5 Å². The number of ether oxygens (including phenoxy) is 3. The Balaban J connectivity index is 1.30. The van der Waals surface area contributed by atoms with E-state index >= 15 is 0 Å². The molecule has 0 bridgehead atoms. The van der Waals surface area contributed by atoms with E-state index in [2.05, 4.69) is 0 Å². The van der Waals surface area contributed by atoms with Gasteiger partial charge in [-0.15, -0.1) is 0 Å². The van der Waals surface area contributed by atoms with Crippen molar-refractivity contribution in [2.75, 3.05) is 20.2 Å². The van der Waals surface area contributed by atoms with Gasteiger partial charge in [0.1, 0.15) is 6.61 Å². The maximum Gasteiger partial charge on any atom is 0.410 e. The van der Waals surface area contributed by atoms with Gasteiger partial charge in [-0.2, -0.15) is 0 Å². The fourth-order valence-electron chi connectivity index (χ4n) is 4.68. The van der Waals surface area contributed by atoms with E-state index in [0.29, 0.717) is 24.6 Å². The Bertz CT molecular complexity index is 956. The van der Waals surface area contributed by atoms with Crippen LogP contribution in [-0.2, 0) is 11.3 Å². The number of nitrogens with zero attached hydrogens (tertiary/aromatic N) is 2. The predicted octanol–water partition coefficient (Wildman–Crippen LogP) is 4.95. The fourth-order valence-corrected chi connectivity index (χ4v) is 4.68. The van der Waals surface area contributed by atoms with E-state index < -0.39 is 4.92 Å². The first-order valence-corrected chi connectivity index (χ1v) is 10.9. The van der Waals surface area contributed by atoms with Crippen LogP contribution in [0.15, 0.2) is 48.5 Å². The molecule has 1 spiro atoms. The monoisotopic (exact) mass is 440 g/mol. The van der Waals surface area contributed by atoms with Crippen LogP contribution in [0, 0.1) is 15.5 Å². The van der Waals surface area contributed by atoms with E-state index in [1.165, 1.54) is 19.2 Å². The minimum Gasteiger partial charge on any atom is -0.493 e. The van der Waals surface area contributed by atoms with Crippen LogP contribution in [0.5, 0.6) is 11.5 Å². The SMILES string of the molecule is COc1ccc([N+](=O)[O-])cc1OC1CCC2(CC1)CCN(C(=O)OCc1ccccc1)C2. The molecule has 8 nitrogen and oxygen atoms in total. The summed E-state index contributed by atoms with van der Waals surface area (Å²) >= 11 is 0. The van der Waals surface area contributed by atoms with E-state index in [4.69, 9.17) is 14.2 Å². The van der Waals surface area contributed by atoms with Crippen molar-refractivity contribution in [2.24, 2.45) is 5.41 Å². The zero-order valence-corrected chi connectivity index (χ0v) is 18.2. The van der Waals surface area contributed by atoms with E-state index in [-0.39, 0.29) is 29.9 Å². The molecule has 8 heteroatoms. The first kappa shape index (κ1) is 21.9. The normalized spacial score (nSPS) is 22.5. The number of non-ortho nitro benzene ring substituents is 1. The van der Waals surface area contributed by atoms with Crippen molar-refractivity contribution in [3.63, 3.8) is 0 Å². The summed E-state index contributed by atoms with van der Waals surface area (Å²) < 4.78 is 16.9. The zero-order valence-electron chi connectivity index (χ0n) is 18.2. The topological polar surface area (TPSA) is 91.1 Å². The van der Waals surface area contributed by atoms with Crippen molar-refractivity contribution in [3.8, 4) is 11.5 Å². The summed E-state index contributed by atoms with van der Waals surface area (Å²) in [6, 6.07) is 14.1. The minimum absolute atomic E-state index is 0.0199. The van der Waals surface area contributed by atoms with Crippen molar-refractivity contribution in [3.05, 3.63) is 64.2 Å². The van der Waals surface area contributed by atoms with Crippen LogP contribution < -0.4 is 9.47 Å². The van der Waals surface area contributed by atoms with Crippen LogP contribution in [0.2, 0.25) is 0 Å². The van der Waals surface area contributed by atoms with Crippen LogP contribution >= 0.6 is 0 Å². The molecule has 1 amide bonds. The summed E-state index contributed by atoms with van der Waals surface area (Å²) in [5, 5.41) is 11.1. The van der Waals surface area contributed by atoms with E-state index in [9.17, 15) is 14.9 Å². The summed E-state index contributed by atoms with van der Waals surface area (Å²) in [6.45, 7) is 1.69. The molecule has 2 aromatic carbocycles. The lowest BCUT2D eigenvalue weighted by molar-refractivity contribution is -0.385. The Morgan fingerprint density at radius 2 is 1.88 bits per heavy atom. The number of hydrogen-bond acceptors (Lipinski definition) is 6. The van der Waals surface area contributed by atoms with Crippen LogP contribution in [0.3, 0.4) is 0 Å². The highest BCUT2D eigenvalue weighted by atomic mass is 16.6. The highest BCUT2D eigenvalue weighted by Gasteiger charge is 2.43. The maximum absolute atomic E-state index is 12.5. The molecule has 4 rings (SSSR count). The second kappa shape index (κ2) is 9.46. The summed E-state index contributed by atoms with van der Waals surface area (Å²) in [7, 11) is 1.52. The molecule has 0 aromatic heterocycles. The van der Waals surface area contributed by atoms with Crippen LogP contribution in [0.25, 0.3) is 0 Å². The molecular formula is C24H28N2O6. The van der Waals surface area contributed by atoms with Gasteiger partial charge in [-0.05, 0) is 49.1 Å². The highest BCUT2D eigenvalue weighted by Crippen LogP contribution is 2.45. The van der Waals surface area contributed by atoms with Crippen molar-refractivity contribution in [2.45, 2.75) is 44.8 Å². The Morgan fingerprint density at radius 1 is 1.12 bits per heavy atom. The molecule has 2 aromatic rings. The molecule has 32 heavy (non-hydrogen) atoms. The number of rotatable bonds is 6. The Hall–Kier alpha value is -3.29. The third kappa shape index (κ3) is 4.95. The lowest BCUT2D eigenvalue weighted by atomic mass is 9.72. The van der Waals surface area contributed by atoms with Crippen LogP contribution in [0.1, 0.15) is 37.7 Å². The second-order valence-corrected chi connectivity index (χ2v) is 8.62. The van der Waals surface area contributed by atoms with Gasteiger partial charge in [-0.25, -0.2) is 4.79 Å². The van der Waals surface area contributed by atoms with Crippen molar-refractivity contribution in [1.82, 2.24) is 4.90 Å². The fraction of sp³-hybridized carbons (Fsp3) is 0.458. The number of hydrogen-bond donors (Lipinski definition) is 0. The van der Waals surface area contributed by atoms with Gasteiger partial charge in [0.25, 0.3) is 5.69 Å². The van der Waals surface area contributed by atoms with E-state index in [0.717, 1.165) is 37.7 Å². The van der Waals surface area contributed by atoms with Crippen molar-refractivity contribution >= 4 is 11.8 Å². The molecule has 1 heterocycles. The molecular weight excluding hydrogens is 412 g/mol. The van der Waals surface area contributed by atoms with Crippen LogP contribution in [0.4, 0.5) is 10.5 Å². The lowest BCUT2D eigenvalue weighted by Gasteiger charge is -2.37. The first-order chi connectivity index (χ1) is 15.5. The first-order valence-electron chi connectivity index (χ1n) is 10.9. The van der Waals surface area contributed by atoms with E-state index in [1.807, 2.05) is 35.2 Å². The molecule has 1 aliphatic heterocycles. The number of carbonyl (C=O) groups is 1. The number of nitro benzene ring substituents is 1. The Labute approximate surface area is 187 Å². The van der Waals surface area contributed by atoms with Gasteiger partial charge in [-0.1, -0.05) is 30.3 Å². The number of amides is 1. The van der Waals surface area contributed by atoms with Gasteiger partial charge in [-0.3, -0.25) is 10.1 Å². The standard InChI is InChI=1S/C24H28N2O6/c1-30-21-8-7-19(26(28)29)15-22(21)32-20-9-11-24(12-10-20)13-14-25(17-24)23(27)31-16-18-5-3-2-4-6-18/h2-8,15,20H,9-14,16-17H2,1H3. The third-order valence-electron chi connectivity index (χ3n) is 6.55. The molecule has 1 saturated heterocycles. The zero-order chi connectivity index (χ0) is 22.6. The average molecular weight is 440 g/mol. The molecule has 170 valence electrons. The minimum atomic E-state index is -0.438. The molecule has 2 aliphatic rings. The molecule has 2 fully saturated rings. The Morgan fingerprint density at radius 3 is 2.56 bits per heavy atom. The molecule has 0 radical (unpaired) electrons. The van der Waals surface area contributed by atoms with Gasteiger partial charge in [0.05, 0.1) is 24.2 Å². The Kier molecular flexibility index (Phi) is 6.48. The number of nitro groups is 1. The number of methoxy groups -OCH3 is 1. The summed E-state index contributed by atoms with van der Waals surface area (Å²) in [6.07, 6.45) is 4.22. The predicted molar refractivity (Wildman–Crippen MR) is 118 cm³/mol. The third-order valence-corrected chi connectivity index (χ3v) is 6.55. The van der Waals surface area contributed by atoms with Crippen molar-refractivity contribution < 1.29 is 23.9 Å². The molecule has 1 aliphatic carbocycles. The summed E-state index contributed by atoms with van der Waals surface area (Å²) in [5.74, 6) is 0.893. The number of benzene rings is 2. The van der Waals surface area contributed by atoms with Crippen molar-refractivity contribution in [1.29, 1.82) is 0 Å². The molecule has 1 saturated carbocycles. The smallest absolute Gasteiger partial charge is 0.410 e. The quantitative estimate of drug-likeness (QED) is 0.466. The number of likely N-dealkylation sites (tertiary alicyclic amines) is 1. The van der Waals surface area contributed by atoms with Gasteiger partial charge in [0, 0.05) is 19.2 Å². The largest absolute Gasteiger partial charge is 0.493 e. The van der Waals surface area contributed by atoms with E-state index in [1.54, 1.807) is 6.07 Å². The molecule has 0 N–H and O–H groups in total. The molecule has 0 atom stereocenters.